The van der Waals surface area contributed by atoms with Gasteiger partial charge in [0.15, 0.2) is 5.78 Å². The summed E-state index contributed by atoms with van der Waals surface area (Å²) in [4.78, 5) is 11.3. The number of nitrogens with two attached hydrogens (primary N) is 1. The summed E-state index contributed by atoms with van der Waals surface area (Å²) in [5.74, 6) is 0.0803. The molecule has 0 spiro atoms. The molecule has 0 fully saturated rings. The number of anilines is 1. The zero-order valence-electron chi connectivity index (χ0n) is 5.05. The zero-order chi connectivity index (χ0) is 6.85. The molecule has 1 heterocycles. The normalized spacial score (nSPS) is 9.44. The van der Waals surface area contributed by atoms with E-state index < -0.39 is 0 Å². The molecule has 1 aromatic rings. The quantitative estimate of drug-likeness (QED) is 0.603. The second-order valence-electron chi connectivity index (χ2n) is 1.76. The van der Waals surface area contributed by atoms with Crippen molar-refractivity contribution in [2.45, 2.75) is 6.92 Å². The summed E-state index contributed by atoms with van der Waals surface area (Å²) in [6.45, 7) is 1.53. The van der Waals surface area contributed by atoms with E-state index in [9.17, 15) is 4.79 Å². The highest BCUT2D eigenvalue weighted by Crippen LogP contribution is 2.17. The average molecular weight is 141 g/mol. The van der Waals surface area contributed by atoms with Gasteiger partial charge in [0.1, 0.15) is 0 Å². The largest absolute Gasteiger partial charge is 0.391 e. The third kappa shape index (κ3) is 1.29. The first-order chi connectivity index (χ1) is 4.20. The van der Waals surface area contributed by atoms with Gasteiger partial charge in [0.25, 0.3) is 0 Å². The molecule has 2 nitrogen and oxygen atoms in total. The molecule has 48 valence electrons. The molecule has 0 radical (unpaired) electrons. The predicted octanol–water partition coefficient (Wildman–Crippen LogP) is 1.53. The molecule has 0 atom stereocenters. The van der Waals surface area contributed by atoms with Crippen molar-refractivity contribution in [3.63, 3.8) is 0 Å². The molecule has 0 amide bonds. The summed E-state index contributed by atoms with van der Waals surface area (Å²) in [5.41, 5.74) is 5.38. The van der Waals surface area contributed by atoms with Crippen molar-refractivity contribution >= 4 is 22.1 Å². The molecule has 0 unspecified atom stereocenters. The van der Waals surface area contributed by atoms with E-state index in [2.05, 4.69) is 0 Å². The van der Waals surface area contributed by atoms with Gasteiger partial charge in [0, 0.05) is 0 Å². The van der Waals surface area contributed by atoms with E-state index in [0.29, 0.717) is 5.00 Å². The van der Waals surface area contributed by atoms with E-state index in [4.69, 9.17) is 5.73 Å². The highest BCUT2D eigenvalue weighted by Gasteiger charge is 1.99. The number of carbonyl (C=O) groups is 1. The van der Waals surface area contributed by atoms with Gasteiger partial charge in [0.05, 0.1) is 9.88 Å². The lowest BCUT2D eigenvalue weighted by Gasteiger charge is -1.81. The minimum absolute atomic E-state index is 0.0803. The molecule has 3 heteroatoms. The molecule has 0 aliphatic heterocycles. The summed E-state index contributed by atoms with van der Waals surface area (Å²) in [6, 6.07) is 3.48. The highest BCUT2D eigenvalue weighted by molar-refractivity contribution is 7.17. The second kappa shape index (κ2) is 2.19. The smallest absolute Gasteiger partial charge is 0.169 e. The van der Waals surface area contributed by atoms with Crippen molar-refractivity contribution in [3.05, 3.63) is 17.0 Å². The first kappa shape index (κ1) is 6.29. The van der Waals surface area contributed by atoms with Crippen LogP contribution in [-0.4, -0.2) is 5.78 Å². The van der Waals surface area contributed by atoms with Crippen LogP contribution in [-0.2, 0) is 0 Å². The minimum atomic E-state index is 0.0803. The van der Waals surface area contributed by atoms with Gasteiger partial charge in [0.2, 0.25) is 0 Å². The minimum Gasteiger partial charge on any atom is -0.391 e. The molecular formula is C6H7NOS. The Kier molecular flexibility index (Phi) is 1.53. The Morgan fingerprint density at radius 2 is 2.33 bits per heavy atom. The predicted molar refractivity (Wildman–Crippen MR) is 38.7 cm³/mol. The van der Waals surface area contributed by atoms with Gasteiger partial charge < -0.3 is 5.73 Å². The molecule has 0 aliphatic rings. The van der Waals surface area contributed by atoms with E-state index in [1.165, 1.54) is 18.3 Å². The van der Waals surface area contributed by atoms with Crippen LogP contribution < -0.4 is 5.73 Å². The molecule has 1 aromatic heterocycles. The third-order valence-corrected chi connectivity index (χ3v) is 1.99. The maximum atomic E-state index is 10.6. The van der Waals surface area contributed by atoms with Gasteiger partial charge in [-0.25, -0.2) is 0 Å². The summed E-state index contributed by atoms with van der Waals surface area (Å²) in [5, 5.41) is 0.695. The van der Waals surface area contributed by atoms with Gasteiger partial charge in [-0.05, 0) is 19.1 Å². The van der Waals surface area contributed by atoms with Crippen LogP contribution in [0.3, 0.4) is 0 Å². The van der Waals surface area contributed by atoms with Crippen molar-refractivity contribution in [2.75, 3.05) is 5.73 Å². The Bertz CT molecular complexity index is 229. The Morgan fingerprint density at radius 3 is 2.56 bits per heavy atom. The van der Waals surface area contributed by atoms with Crippen molar-refractivity contribution < 1.29 is 4.79 Å². The highest BCUT2D eigenvalue weighted by atomic mass is 32.1. The van der Waals surface area contributed by atoms with Gasteiger partial charge >= 0.3 is 0 Å². The van der Waals surface area contributed by atoms with Gasteiger partial charge in [-0.15, -0.1) is 11.3 Å². The van der Waals surface area contributed by atoms with Crippen LogP contribution in [0, 0.1) is 0 Å². The van der Waals surface area contributed by atoms with Crippen molar-refractivity contribution in [1.29, 1.82) is 0 Å². The summed E-state index contributed by atoms with van der Waals surface area (Å²) < 4.78 is 0. The Hall–Kier alpha value is -0.830. The lowest BCUT2D eigenvalue weighted by atomic mass is 10.4. The van der Waals surface area contributed by atoms with Gasteiger partial charge in [-0.2, -0.15) is 0 Å². The maximum Gasteiger partial charge on any atom is 0.169 e. The molecule has 9 heavy (non-hydrogen) atoms. The molecule has 1 rings (SSSR count). The van der Waals surface area contributed by atoms with Crippen LogP contribution in [0.25, 0.3) is 0 Å². The van der Waals surface area contributed by atoms with Gasteiger partial charge in [-0.3, -0.25) is 4.79 Å². The van der Waals surface area contributed by atoms with E-state index in [0.717, 1.165) is 4.88 Å². The number of thiophene rings is 1. The SMILES string of the molecule is CC(=O)c1ccc(N)s1. The first-order valence-corrected chi connectivity index (χ1v) is 3.38. The molecular weight excluding hydrogens is 134 g/mol. The Morgan fingerprint density at radius 1 is 1.67 bits per heavy atom. The van der Waals surface area contributed by atoms with Crippen LogP contribution >= 0.6 is 11.3 Å². The van der Waals surface area contributed by atoms with Crippen LogP contribution in [0.2, 0.25) is 0 Å². The lowest BCUT2D eigenvalue weighted by Crippen LogP contribution is -1.83. The molecule has 0 saturated carbocycles. The van der Waals surface area contributed by atoms with E-state index in [1.54, 1.807) is 12.1 Å². The van der Waals surface area contributed by atoms with Crippen molar-refractivity contribution in [3.8, 4) is 0 Å². The van der Waals surface area contributed by atoms with Crippen molar-refractivity contribution in [2.24, 2.45) is 0 Å². The number of Topliss-reactive ketones (excluding diaryl/α,β-unsaturated/α-hetero) is 1. The van der Waals surface area contributed by atoms with Crippen LogP contribution in [0.1, 0.15) is 16.6 Å². The fourth-order valence-corrected chi connectivity index (χ4v) is 1.21. The monoisotopic (exact) mass is 141 g/mol. The number of hydrogen-bond donors (Lipinski definition) is 1. The fourth-order valence-electron chi connectivity index (χ4n) is 0.542. The fraction of sp³-hybridized carbons (Fsp3) is 0.167. The molecule has 0 saturated heterocycles. The third-order valence-electron chi connectivity index (χ3n) is 0.974. The Balaban J connectivity index is 2.98. The summed E-state index contributed by atoms with van der Waals surface area (Å²) >= 11 is 1.32. The Labute approximate surface area is 57.3 Å². The zero-order valence-corrected chi connectivity index (χ0v) is 5.87. The van der Waals surface area contributed by atoms with Crippen LogP contribution in [0.4, 0.5) is 5.00 Å². The van der Waals surface area contributed by atoms with Crippen LogP contribution in [0.15, 0.2) is 12.1 Å². The number of rotatable bonds is 1. The molecule has 0 bridgehead atoms. The summed E-state index contributed by atoms with van der Waals surface area (Å²) in [7, 11) is 0. The standard InChI is InChI=1S/C6H7NOS/c1-4(8)5-2-3-6(7)9-5/h2-3H,7H2,1H3. The first-order valence-electron chi connectivity index (χ1n) is 2.56. The van der Waals surface area contributed by atoms with Crippen LogP contribution in [0.5, 0.6) is 0 Å². The number of ketones is 1. The van der Waals surface area contributed by atoms with Crippen molar-refractivity contribution in [1.82, 2.24) is 0 Å². The molecule has 2 N–H and O–H groups in total. The number of carbonyl (C=O) groups excluding carboxylic acids is 1. The van der Waals surface area contributed by atoms with E-state index in [1.807, 2.05) is 0 Å². The second-order valence-corrected chi connectivity index (χ2v) is 2.87. The van der Waals surface area contributed by atoms with E-state index >= 15 is 0 Å². The number of hydrogen-bond acceptors (Lipinski definition) is 3. The number of nitrogen functional groups attached to an aromatic ring is 1. The maximum absolute atomic E-state index is 10.6. The average Bonchev–Trinajstić information content (AvgIpc) is 2.14. The topological polar surface area (TPSA) is 43.1 Å². The molecule has 0 aliphatic carbocycles. The van der Waals surface area contributed by atoms with Gasteiger partial charge in [-0.1, -0.05) is 0 Å². The molecule has 0 aromatic carbocycles. The summed E-state index contributed by atoms with van der Waals surface area (Å²) in [6.07, 6.45) is 0. The van der Waals surface area contributed by atoms with E-state index in [-0.39, 0.29) is 5.78 Å². The lowest BCUT2D eigenvalue weighted by molar-refractivity contribution is 0.102.